The van der Waals surface area contributed by atoms with Crippen LogP contribution in [0, 0.1) is 0 Å². The van der Waals surface area contributed by atoms with E-state index in [2.05, 4.69) is 30.0 Å². The second kappa shape index (κ2) is 12.1. The van der Waals surface area contributed by atoms with E-state index in [1.165, 1.54) is 12.4 Å². The van der Waals surface area contributed by atoms with E-state index in [9.17, 15) is 22.8 Å². The molecular formula is C26H23F3N4O5. The lowest BCUT2D eigenvalue weighted by molar-refractivity contribution is -0.285. The molecule has 0 saturated carbocycles. The van der Waals surface area contributed by atoms with Crippen molar-refractivity contribution in [2.75, 3.05) is 18.5 Å². The Labute approximate surface area is 214 Å². The SMILES string of the molecule is O=C(CC(c1ccncc1)c1c[nH]c2cc(OCCCNc3ccccn3)ccc12)OOC(=O)C(F)(F)F. The van der Waals surface area contributed by atoms with Crippen molar-refractivity contribution in [2.45, 2.75) is 24.9 Å². The minimum atomic E-state index is -5.28. The lowest BCUT2D eigenvalue weighted by Gasteiger charge is -2.16. The number of hydrogen-bond donors (Lipinski definition) is 2. The van der Waals surface area contributed by atoms with Gasteiger partial charge in [-0.2, -0.15) is 13.2 Å². The van der Waals surface area contributed by atoms with Gasteiger partial charge >= 0.3 is 18.1 Å². The molecule has 0 bridgehead atoms. The quantitative estimate of drug-likeness (QED) is 0.169. The number of H-pyrrole nitrogens is 1. The van der Waals surface area contributed by atoms with E-state index < -0.39 is 24.0 Å². The second-order valence-corrected chi connectivity index (χ2v) is 8.16. The van der Waals surface area contributed by atoms with Gasteiger partial charge in [0.25, 0.3) is 0 Å². The number of aromatic nitrogens is 3. The van der Waals surface area contributed by atoms with Crippen LogP contribution < -0.4 is 10.1 Å². The number of ether oxygens (including phenoxy) is 1. The Morgan fingerprint density at radius 2 is 1.84 bits per heavy atom. The van der Waals surface area contributed by atoms with Crippen LogP contribution in [-0.2, 0) is 19.4 Å². The van der Waals surface area contributed by atoms with Crippen LogP contribution in [0.4, 0.5) is 19.0 Å². The summed E-state index contributed by atoms with van der Waals surface area (Å²) >= 11 is 0. The first-order valence-corrected chi connectivity index (χ1v) is 11.6. The smallest absolute Gasteiger partial charge is 0.493 e. The fraction of sp³-hybridized carbons (Fsp3) is 0.231. The van der Waals surface area contributed by atoms with Crippen LogP contribution in [-0.4, -0.2) is 46.2 Å². The van der Waals surface area contributed by atoms with Crippen LogP contribution in [0.15, 0.2) is 73.3 Å². The van der Waals surface area contributed by atoms with Crippen molar-refractivity contribution < 1.29 is 37.3 Å². The third-order valence-electron chi connectivity index (χ3n) is 5.54. The van der Waals surface area contributed by atoms with Gasteiger partial charge in [0.1, 0.15) is 11.6 Å². The number of alkyl halides is 3. The van der Waals surface area contributed by atoms with Crippen molar-refractivity contribution in [1.82, 2.24) is 15.0 Å². The Hall–Kier alpha value is -4.61. The molecule has 3 heterocycles. The Kier molecular flexibility index (Phi) is 8.41. The van der Waals surface area contributed by atoms with Crippen LogP contribution >= 0.6 is 0 Å². The van der Waals surface area contributed by atoms with E-state index in [0.717, 1.165) is 23.1 Å². The first-order chi connectivity index (χ1) is 18.3. The van der Waals surface area contributed by atoms with Gasteiger partial charge in [0.15, 0.2) is 0 Å². The molecule has 38 heavy (non-hydrogen) atoms. The molecule has 0 aliphatic rings. The molecule has 198 valence electrons. The minimum Gasteiger partial charge on any atom is -0.493 e. The van der Waals surface area contributed by atoms with Gasteiger partial charge in [-0.1, -0.05) is 6.07 Å². The molecule has 3 aromatic heterocycles. The number of carbonyl (C=O) groups excluding carboxylic acids is 2. The summed E-state index contributed by atoms with van der Waals surface area (Å²) in [6.07, 6.45) is 1.55. The largest absolute Gasteiger partial charge is 0.495 e. The van der Waals surface area contributed by atoms with Crippen molar-refractivity contribution in [3.8, 4) is 5.75 Å². The summed E-state index contributed by atoms with van der Waals surface area (Å²) in [4.78, 5) is 42.3. The van der Waals surface area contributed by atoms with Gasteiger partial charge in [-0.3, -0.25) is 4.98 Å². The number of nitrogens with zero attached hydrogens (tertiary/aromatic N) is 2. The number of anilines is 1. The molecule has 4 rings (SSSR count). The van der Waals surface area contributed by atoms with Crippen molar-refractivity contribution in [1.29, 1.82) is 0 Å². The summed E-state index contributed by atoms with van der Waals surface area (Å²) in [7, 11) is 0. The van der Waals surface area contributed by atoms with Gasteiger partial charge < -0.3 is 15.0 Å². The van der Waals surface area contributed by atoms with Crippen molar-refractivity contribution in [3.63, 3.8) is 0 Å². The standard InChI is InChI=1S/C26H23F3N4O5/c27-26(28,29)25(35)38-37-24(34)15-20(17-7-11-30-12-8-17)21-16-33-22-14-18(5-6-19(21)22)36-13-3-10-32-23-4-1-2-9-31-23/h1-2,4-9,11-12,14,16,20,33H,3,10,13,15H2,(H,31,32). The third kappa shape index (κ3) is 6.99. The highest BCUT2D eigenvalue weighted by Crippen LogP contribution is 2.35. The monoisotopic (exact) mass is 528 g/mol. The van der Waals surface area contributed by atoms with E-state index in [1.54, 1.807) is 30.6 Å². The summed E-state index contributed by atoms with van der Waals surface area (Å²) in [6.45, 7) is 1.16. The van der Waals surface area contributed by atoms with E-state index in [4.69, 9.17) is 4.74 Å². The highest BCUT2D eigenvalue weighted by Gasteiger charge is 2.43. The average molecular weight is 528 g/mol. The van der Waals surface area contributed by atoms with Crippen molar-refractivity contribution in [3.05, 3.63) is 84.4 Å². The van der Waals surface area contributed by atoms with Gasteiger partial charge in [0, 0.05) is 54.2 Å². The molecular weight excluding hydrogens is 505 g/mol. The molecule has 1 unspecified atom stereocenters. The first kappa shape index (κ1) is 26.5. The van der Waals surface area contributed by atoms with Crippen LogP contribution in [0.5, 0.6) is 5.75 Å². The van der Waals surface area contributed by atoms with Gasteiger partial charge in [0.2, 0.25) is 0 Å². The molecule has 4 aromatic rings. The van der Waals surface area contributed by atoms with E-state index in [0.29, 0.717) is 30.0 Å². The lowest BCUT2D eigenvalue weighted by atomic mass is 9.89. The normalized spacial score (nSPS) is 12.1. The number of rotatable bonds is 10. The lowest BCUT2D eigenvalue weighted by Crippen LogP contribution is -2.27. The van der Waals surface area contributed by atoms with E-state index in [1.807, 2.05) is 30.3 Å². The van der Waals surface area contributed by atoms with Crippen LogP contribution in [0.25, 0.3) is 10.9 Å². The molecule has 0 saturated heterocycles. The molecule has 2 N–H and O–H groups in total. The fourth-order valence-corrected chi connectivity index (χ4v) is 3.79. The Balaban J connectivity index is 1.42. The average Bonchev–Trinajstić information content (AvgIpc) is 3.33. The summed E-state index contributed by atoms with van der Waals surface area (Å²) in [5.41, 5.74) is 2.09. The maximum absolute atomic E-state index is 12.4. The predicted octanol–water partition coefficient (Wildman–Crippen LogP) is 4.92. The van der Waals surface area contributed by atoms with Gasteiger partial charge in [-0.25, -0.2) is 24.3 Å². The van der Waals surface area contributed by atoms with E-state index in [-0.39, 0.29) is 6.42 Å². The minimum absolute atomic E-state index is 0.385. The first-order valence-electron chi connectivity index (χ1n) is 11.6. The Morgan fingerprint density at radius 3 is 2.58 bits per heavy atom. The predicted molar refractivity (Wildman–Crippen MR) is 130 cm³/mol. The summed E-state index contributed by atoms with van der Waals surface area (Å²) < 4.78 is 42.9. The molecule has 9 nitrogen and oxygen atoms in total. The number of carbonyl (C=O) groups is 2. The van der Waals surface area contributed by atoms with Crippen LogP contribution in [0.2, 0.25) is 0 Å². The van der Waals surface area contributed by atoms with Crippen LogP contribution in [0.3, 0.4) is 0 Å². The van der Waals surface area contributed by atoms with Gasteiger partial charge in [0.05, 0.1) is 13.0 Å². The highest BCUT2D eigenvalue weighted by molar-refractivity contribution is 5.86. The molecule has 0 amide bonds. The van der Waals surface area contributed by atoms with Crippen LogP contribution in [0.1, 0.15) is 29.9 Å². The number of nitrogens with one attached hydrogen (secondary N) is 2. The molecule has 0 radical (unpaired) electrons. The van der Waals surface area contributed by atoms with Gasteiger partial charge in [-0.05, 0) is 53.9 Å². The number of aromatic amines is 1. The molecule has 0 aliphatic carbocycles. The fourth-order valence-electron chi connectivity index (χ4n) is 3.79. The van der Waals surface area contributed by atoms with E-state index >= 15 is 0 Å². The number of benzene rings is 1. The summed E-state index contributed by atoms with van der Waals surface area (Å²) in [5, 5.41) is 3.98. The number of hydrogen-bond acceptors (Lipinski definition) is 8. The Morgan fingerprint density at radius 1 is 1.03 bits per heavy atom. The molecule has 1 atom stereocenters. The zero-order valence-corrected chi connectivity index (χ0v) is 19.9. The Bertz CT molecular complexity index is 1360. The van der Waals surface area contributed by atoms with Gasteiger partial charge in [-0.15, -0.1) is 0 Å². The zero-order chi connectivity index (χ0) is 27.0. The number of halogens is 3. The molecule has 0 spiro atoms. The number of pyridine rings is 2. The van der Waals surface area contributed by atoms with Crippen molar-refractivity contribution >= 4 is 28.7 Å². The number of fused-ring (bicyclic) bond motifs is 1. The molecule has 12 heteroatoms. The topological polar surface area (TPSA) is 115 Å². The third-order valence-corrected chi connectivity index (χ3v) is 5.54. The second-order valence-electron chi connectivity index (χ2n) is 8.16. The maximum atomic E-state index is 12.4. The maximum Gasteiger partial charge on any atom is 0.495 e. The zero-order valence-electron chi connectivity index (χ0n) is 19.9. The summed E-state index contributed by atoms with van der Waals surface area (Å²) in [5.74, 6) is -2.94. The highest BCUT2D eigenvalue weighted by atomic mass is 19.4. The summed E-state index contributed by atoms with van der Waals surface area (Å²) in [6, 6.07) is 14.4. The van der Waals surface area contributed by atoms with Crippen molar-refractivity contribution in [2.24, 2.45) is 0 Å². The molecule has 0 aliphatic heterocycles. The molecule has 1 aromatic carbocycles. The molecule has 0 fully saturated rings.